The minimum absolute atomic E-state index is 0.385. The zero-order valence-corrected chi connectivity index (χ0v) is 13.8. The molecule has 2 heterocycles. The Hall–Kier alpha value is -0.320. The van der Waals surface area contributed by atoms with Crippen LogP contribution < -0.4 is 5.32 Å². The number of hydrogen-bond acceptors (Lipinski definition) is 3. The van der Waals surface area contributed by atoms with E-state index in [-0.39, 0.29) is 0 Å². The van der Waals surface area contributed by atoms with E-state index in [1.165, 1.54) is 31.5 Å². The van der Waals surface area contributed by atoms with E-state index >= 15 is 0 Å². The van der Waals surface area contributed by atoms with Crippen LogP contribution in [0.4, 0.5) is 0 Å². The Morgan fingerprint density at radius 3 is 2.43 bits per heavy atom. The van der Waals surface area contributed by atoms with Crippen LogP contribution in [0, 0.1) is 0 Å². The normalized spacial score (nSPS) is 22.6. The lowest BCUT2D eigenvalue weighted by Crippen LogP contribution is -2.47. The van der Waals surface area contributed by atoms with Gasteiger partial charge in [-0.05, 0) is 43.6 Å². The second-order valence-corrected chi connectivity index (χ2v) is 6.82. The van der Waals surface area contributed by atoms with Gasteiger partial charge in [-0.15, -0.1) is 0 Å². The fourth-order valence-electron chi connectivity index (χ4n) is 3.37. The summed E-state index contributed by atoms with van der Waals surface area (Å²) in [7, 11) is 0. The van der Waals surface area contributed by atoms with Gasteiger partial charge in [-0.2, -0.15) is 0 Å². The number of likely N-dealkylation sites (tertiary alicyclic amines) is 1. The fourth-order valence-corrected chi connectivity index (χ4v) is 3.91. The first-order valence-corrected chi connectivity index (χ1v) is 8.62. The number of hydrogen-bond donors (Lipinski definition) is 1. The van der Waals surface area contributed by atoms with Crippen molar-refractivity contribution in [3.63, 3.8) is 0 Å². The number of nitrogens with one attached hydrogen (secondary N) is 1. The minimum atomic E-state index is 0.385. The summed E-state index contributed by atoms with van der Waals surface area (Å²) < 4.78 is 0. The standard InChI is InChI=1S/C16H23Cl2N3/c17-13-3-4-14(15(18)11-13)16(21-7-1-2-8-21)12-20-9-5-19-6-10-20/h3-4,11,16,19H,1-2,5-10,12H2. The van der Waals surface area contributed by atoms with Crippen LogP contribution in [0.2, 0.25) is 10.0 Å². The lowest BCUT2D eigenvalue weighted by molar-refractivity contribution is 0.150. The molecule has 21 heavy (non-hydrogen) atoms. The Morgan fingerprint density at radius 1 is 1.05 bits per heavy atom. The van der Waals surface area contributed by atoms with Gasteiger partial charge in [0.05, 0.1) is 0 Å². The van der Waals surface area contributed by atoms with Gasteiger partial charge in [0.25, 0.3) is 0 Å². The van der Waals surface area contributed by atoms with Crippen molar-refractivity contribution < 1.29 is 0 Å². The molecule has 3 nitrogen and oxygen atoms in total. The Morgan fingerprint density at radius 2 is 1.76 bits per heavy atom. The largest absolute Gasteiger partial charge is 0.314 e. The Kier molecular flexibility index (Phi) is 5.41. The van der Waals surface area contributed by atoms with Gasteiger partial charge in [0, 0.05) is 48.8 Å². The molecule has 116 valence electrons. The molecule has 1 unspecified atom stereocenters. The molecule has 0 amide bonds. The molecule has 2 aliphatic rings. The average molecular weight is 328 g/mol. The van der Waals surface area contributed by atoms with E-state index in [2.05, 4.69) is 21.2 Å². The predicted molar refractivity (Wildman–Crippen MR) is 89.3 cm³/mol. The van der Waals surface area contributed by atoms with E-state index < -0.39 is 0 Å². The molecule has 1 aromatic rings. The van der Waals surface area contributed by atoms with E-state index in [4.69, 9.17) is 23.2 Å². The van der Waals surface area contributed by atoms with Crippen LogP contribution in [0.5, 0.6) is 0 Å². The Labute approximate surface area is 137 Å². The summed E-state index contributed by atoms with van der Waals surface area (Å²) in [6.45, 7) is 7.82. The molecule has 0 aliphatic carbocycles. The molecule has 5 heteroatoms. The summed E-state index contributed by atoms with van der Waals surface area (Å²) in [5, 5.41) is 4.93. The van der Waals surface area contributed by atoms with Crippen LogP contribution in [0.25, 0.3) is 0 Å². The number of benzene rings is 1. The van der Waals surface area contributed by atoms with Crippen molar-refractivity contribution >= 4 is 23.2 Å². The summed E-state index contributed by atoms with van der Waals surface area (Å²) in [6.07, 6.45) is 2.59. The third-order valence-corrected chi connectivity index (χ3v) is 5.11. The van der Waals surface area contributed by atoms with Gasteiger partial charge in [-0.3, -0.25) is 9.80 Å². The summed E-state index contributed by atoms with van der Waals surface area (Å²) in [6, 6.07) is 6.33. The number of nitrogens with zero attached hydrogens (tertiary/aromatic N) is 2. The van der Waals surface area contributed by atoms with Crippen molar-refractivity contribution in [2.45, 2.75) is 18.9 Å². The van der Waals surface area contributed by atoms with Gasteiger partial charge in [-0.1, -0.05) is 29.3 Å². The van der Waals surface area contributed by atoms with Crippen LogP contribution in [-0.2, 0) is 0 Å². The van der Waals surface area contributed by atoms with Gasteiger partial charge >= 0.3 is 0 Å². The van der Waals surface area contributed by atoms with Gasteiger partial charge in [0.2, 0.25) is 0 Å². The van der Waals surface area contributed by atoms with E-state index in [0.717, 1.165) is 37.7 Å². The van der Waals surface area contributed by atoms with E-state index in [0.29, 0.717) is 11.1 Å². The molecule has 2 saturated heterocycles. The first kappa shape index (κ1) is 15.6. The zero-order valence-electron chi connectivity index (χ0n) is 12.3. The van der Waals surface area contributed by atoms with Gasteiger partial charge in [-0.25, -0.2) is 0 Å². The molecule has 0 bridgehead atoms. The maximum Gasteiger partial charge on any atom is 0.0489 e. The van der Waals surface area contributed by atoms with Crippen molar-refractivity contribution in [1.29, 1.82) is 0 Å². The quantitative estimate of drug-likeness (QED) is 0.917. The SMILES string of the molecule is Clc1ccc(C(CN2CCNCC2)N2CCCC2)c(Cl)c1. The van der Waals surface area contributed by atoms with Crippen molar-refractivity contribution in [2.75, 3.05) is 45.8 Å². The first-order chi connectivity index (χ1) is 10.2. The first-order valence-electron chi connectivity index (χ1n) is 7.86. The van der Waals surface area contributed by atoms with E-state index in [1.54, 1.807) is 0 Å². The van der Waals surface area contributed by atoms with Crippen LogP contribution >= 0.6 is 23.2 Å². The summed E-state index contributed by atoms with van der Waals surface area (Å²) >= 11 is 12.5. The van der Waals surface area contributed by atoms with Gasteiger partial charge in [0.1, 0.15) is 0 Å². The number of rotatable bonds is 4. The molecule has 0 aromatic heterocycles. The molecular weight excluding hydrogens is 305 g/mol. The highest BCUT2D eigenvalue weighted by molar-refractivity contribution is 6.35. The summed E-state index contributed by atoms with van der Waals surface area (Å²) in [4.78, 5) is 5.13. The highest BCUT2D eigenvalue weighted by Gasteiger charge is 2.27. The second kappa shape index (κ2) is 7.30. The summed E-state index contributed by atoms with van der Waals surface area (Å²) in [5.41, 5.74) is 1.22. The molecule has 1 aromatic carbocycles. The van der Waals surface area contributed by atoms with Gasteiger partial charge in [0.15, 0.2) is 0 Å². The predicted octanol–water partition coefficient (Wildman–Crippen LogP) is 3.04. The highest BCUT2D eigenvalue weighted by atomic mass is 35.5. The molecule has 2 fully saturated rings. The van der Waals surface area contributed by atoms with Crippen molar-refractivity contribution in [3.8, 4) is 0 Å². The van der Waals surface area contributed by atoms with Crippen LogP contribution in [0.15, 0.2) is 18.2 Å². The van der Waals surface area contributed by atoms with Gasteiger partial charge < -0.3 is 5.32 Å². The molecule has 1 N–H and O–H groups in total. The molecule has 2 aliphatic heterocycles. The van der Waals surface area contributed by atoms with Crippen LogP contribution in [0.1, 0.15) is 24.4 Å². The summed E-state index contributed by atoms with van der Waals surface area (Å²) in [5.74, 6) is 0. The van der Waals surface area contributed by atoms with E-state index in [9.17, 15) is 0 Å². The number of piperazine rings is 1. The topological polar surface area (TPSA) is 18.5 Å². The Bertz CT molecular complexity index is 469. The van der Waals surface area contributed by atoms with Crippen molar-refractivity contribution in [2.24, 2.45) is 0 Å². The van der Waals surface area contributed by atoms with E-state index in [1.807, 2.05) is 12.1 Å². The van der Waals surface area contributed by atoms with Crippen molar-refractivity contribution in [1.82, 2.24) is 15.1 Å². The fraction of sp³-hybridized carbons (Fsp3) is 0.625. The van der Waals surface area contributed by atoms with Crippen molar-refractivity contribution in [3.05, 3.63) is 33.8 Å². The molecule has 3 rings (SSSR count). The lowest BCUT2D eigenvalue weighted by atomic mass is 10.0. The smallest absolute Gasteiger partial charge is 0.0489 e. The lowest BCUT2D eigenvalue weighted by Gasteiger charge is -2.35. The monoisotopic (exact) mass is 327 g/mol. The Balaban J connectivity index is 1.80. The third-order valence-electron chi connectivity index (χ3n) is 4.54. The molecule has 1 atom stereocenters. The molecular formula is C16H23Cl2N3. The van der Waals surface area contributed by atoms with Crippen LogP contribution in [-0.4, -0.2) is 55.6 Å². The van der Waals surface area contributed by atoms with Crippen LogP contribution in [0.3, 0.4) is 0 Å². The third kappa shape index (κ3) is 3.91. The maximum absolute atomic E-state index is 6.48. The maximum atomic E-state index is 6.48. The molecule has 0 spiro atoms. The molecule has 0 radical (unpaired) electrons. The average Bonchev–Trinajstić information content (AvgIpc) is 3.00. The molecule has 0 saturated carbocycles. The number of halogens is 2. The zero-order chi connectivity index (χ0) is 14.7. The second-order valence-electron chi connectivity index (χ2n) is 5.98. The highest BCUT2D eigenvalue weighted by Crippen LogP contribution is 2.32. The minimum Gasteiger partial charge on any atom is -0.314 e.